The number of hydrogen-bond acceptors (Lipinski definition) is 1. The zero-order valence-corrected chi connectivity index (χ0v) is 11.7. The SMILES string of the molecule is OC/C1=C(\C2=CCCCCCC2)CCCCCC1. The first-order chi connectivity index (χ1) is 8.92. The summed E-state index contributed by atoms with van der Waals surface area (Å²) < 4.78 is 0. The summed E-state index contributed by atoms with van der Waals surface area (Å²) in [5.74, 6) is 0. The lowest BCUT2D eigenvalue weighted by Gasteiger charge is -2.21. The molecule has 1 N–H and O–H groups in total. The molecule has 0 saturated heterocycles. The van der Waals surface area contributed by atoms with Gasteiger partial charge in [-0.2, -0.15) is 0 Å². The number of rotatable bonds is 2. The minimum Gasteiger partial charge on any atom is -0.392 e. The fourth-order valence-corrected chi connectivity index (χ4v) is 3.35. The molecule has 0 saturated carbocycles. The van der Waals surface area contributed by atoms with Crippen LogP contribution < -0.4 is 0 Å². The molecule has 0 radical (unpaired) electrons. The van der Waals surface area contributed by atoms with Crippen molar-refractivity contribution in [1.82, 2.24) is 0 Å². The number of aliphatic hydroxyl groups is 1. The Balaban J connectivity index is 2.18. The van der Waals surface area contributed by atoms with Crippen molar-refractivity contribution in [2.75, 3.05) is 6.61 Å². The van der Waals surface area contributed by atoms with E-state index in [1.165, 1.54) is 76.2 Å². The molecule has 0 fully saturated rings. The Hall–Kier alpha value is -0.560. The van der Waals surface area contributed by atoms with Gasteiger partial charge in [0.05, 0.1) is 6.61 Å². The van der Waals surface area contributed by atoms with Crippen LogP contribution in [0.3, 0.4) is 0 Å². The van der Waals surface area contributed by atoms with Crippen LogP contribution in [-0.4, -0.2) is 11.7 Å². The first-order valence-corrected chi connectivity index (χ1v) is 7.93. The molecule has 0 aromatic heterocycles. The van der Waals surface area contributed by atoms with E-state index in [9.17, 15) is 5.11 Å². The molecular weight excluding hydrogens is 220 g/mol. The van der Waals surface area contributed by atoms with Crippen LogP contribution in [0.2, 0.25) is 0 Å². The van der Waals surface area contributed by atoms with Gasteiger partial charge in [-0.25, -0.2) is 0 Å². The van der Waals surface area contributed by atoms with Crippen LogP contribution >= 0.6 is 0 Å². The molecule has 102 valence electrons. The van der Waals surface area contributed by atoms with Crippen molar-refractivity contribution in [3.05, 3.63) is 22.8 Å². The van der Waals surface area contributed by atoms with Gasteiger partial charge < -0.3 is 5.11 Å². The van der Waals surface area contributed by atoms with Gasteiger partial charge in [-0.3, -0.25) is 0 Å². The van der Waals surface area contributed by atoms with E-state index in [-0.39, 0.29) is 6.61 Å². The van der Waals surface area contributed by atoms with E-state index >= 15 is 0 Å². The van der Waals surface area contributed by atoms with Crippen molar-refractivity contribution in [2.24, 2.45) is 0 Å². The molecule has 0 heterocycles. The zero-order chi connectivity index (χ0) is 12.6. The van der Waals surface area contributed by atoms with Crippen LogP contribution in [0.5, 0.6) is 0 Å². The van der Waals surface area contributed by atoms with E-state index in [1.54, 1.807) is 11.1 Å². The second-order valence-corrected chi connectivity index (χ2v) is 5.84. The highest BCUT2D eigenvalue weighted by Gasteiger charge is 2.14. The molecule has 2 rings (SSSR count). The summed E-state index contributed by atoms with van der Waals surface area (Å²) in [4.78, 5) is 0. The maximum absolute atomic E-state index is 9.65. The largest absolute Gasteiger partial charge is 0.392 e. The van der Waals surface area contributed by atoms with Crippen LogP contribution in [0.4, 0.5) is 0 Å². The average molecular weight is 248 g/mol. The minimum absolute atomic E-state index is 0.284. The third-order valence-corrected chi connectivity index (χ3v) is 4.45. The van der Waals surface area contributed by atoms with Gasteiger partial charge in [0.2, 0.25) is 0 Å². The van der Waals surface area contributed by atoms with Crippen molar-refractivity contribution < 1.29 is 5.11 Å². The topological polar surface area (TPSA) is 20.2 Å². The summed E-state index contributed by atoms with van der Waals surface area (Å²) in [5.41, 5.74) is 4.47. The number of aliphatic hydroxyl groups excluding tert-OH is 1. The maximum atomic E-state index is 9.65. The molecule has 0 bridgehead atoms. The summed E-state index contributed by atoms with van der Waals surface area (Å²) in [5, 5.41) is 9.65. The molecule has 0 aromatic rings. The van der Waals surface area contributed by atoms with E-state index in [2.05, 4.69) is 6.08 Å². The van der Waals surface area contributed by atoms with Crippen molar-refractivity contribution in [3.8, 4) is 0 Å². The predicted octanol–water partition coefficient (Wildman–Crippen LogP) is 4.91. The summed E-state index contributed by atoms with van der Waals surface area (Å²) in [6.07, 6.45) is 18.1. The molecule has 1 nitrogen and oxygen atoms in total. The summed E-state index contributed by atoms with van der Waals surface area (Å²) in [6.45, 7) is 0.284. The zero-order valence-electron chi connectivity index (χ0n) is 11.7. The van der Waals surface area contributed by atoms with Crippen molar-refractivity contribution in [2.45, 2.75) is 77.0 Å². The quantitative estimate of drug-likeness (QED) is 0.736. The Morgan fingerprint density at radius 1 is 0.778 bits per heavy atom. The highest BCUT2D eigenvalue weighted by molar-refractivity contribution is 5.36. The second kappa shape index (κ2) is 7.78. The molecule has 2 aliphatic carbocycles. The molecule has 0 spiro atoms. The summed E-state index contributed by atoms with van der Waals surface area (Å²) in [6, 6.07) is 0. The van der Waals surface area contributed by atoms with E-state index in [0.717, 1.165) is 6.42 Å². The lowest BCUT2D eigenvalue weighted by Crippen LogP contribution is -2.05. The number of hydrogen-bond donors (Lipinski definition) is 1. The first kappa shape index (κ1) is 13.9. The lowest BCUT2D eigenvalue weighted by atomic mass is 9.85. The van der Waals surface area contributed by atoms with Gasteiger partial charge in [0.15, 0.2) is 0 Å². The van der Waals surface area contributed by atoms with Crippen LogP contribution in [0.15, 0.2) is 22.8 Å². The summed E-state index contributed by atoms with van der Waals surface area (Å²) in [7, 11) is 0. The van der Waals surface area contributed by atoms with Gasteiger partial charge in [0.25, 0.3) is 0 Å². The van der Waals surface area contributed by atoms with Crippen LogP contribution in [0.25, 0.3) is 0 Å². The van der Waals surface area contributed by atoms with E-state index in [0.29, 0.717) is 0 Å². The normalized spacial score (nSPS) is 27.7. The minimum atomic E-state index is 0.284. The van der Waals surface area contributed by atoms with Crippen molar-refractivity contribution >= 4 is 0 Å². The fourth-order valence-electron chi connectivity index (χ4n) is 3.35. The molecular formula is C17H28O. The van der Waals surface area contributed by atoms with Crippen LogP contribution in [0.1, 0.15) is 77.0 Å². The smallest absolute Gasteiger partial charge is 0.0647 e. The second-order valence-electron chi connectivity index (χ2n) is 5.84. The van der Waals surface area contributed by atoms with Crippen molar-refractivity contribution in [3.63, 3.8) is 0 Å². The Morgan fingerprint density at radius 2 is 1.44 bits per heavy atom. The molecule has 1 heteroatoms. The summed E-state index contributed by atoms with van der Waals surface area (Å²) >= 11 is 0. The van der Waals surface area contributed by atoms with E-state index in [1.807, 2.05) is 0 Å². The average Bonchev–Trinajstić information content (AvgIpc) is 2.30. The predicted molar refractivity (Wildman–Crippen MR) is 77.6 cm³/mol. The standard InChI is InChI=1S/C17H28O/c18-14-16-12-8-4-5-9-13-17(16)15-10-6-2-1-3-7-11-15/h10,18H,1-9,11-14H2/b15-10?,17-16-. The molecule has 0 amide bonds. The van der Waals surface area contributed by atoms with Gasteiger partial charge in [-0.1, -0.05) is 31.8 Å². The van der Waals surface area contributed by atoms with Gasteiger partial charge in [-0.05, 0) is 68.1 Å². The third-order valence-electron chi connectivity index (χ3n) is 4.45. The van der Waals surface area contributed by atoms with Gasteiger partial charge >= 0.3 is 0 Å². The molecule has 0 unspecified atom stereocenters. The lowest BCUT2D eigenvalue weighted by molar-refractivity contribution is 0.322. The molecule has 0 aromatic carbocycles. The van der Waals surface area contributed by atoms with Gasteiger partial charge in [0, 0.05) is 0 Å². The monoisotopic (exact) mass is 248 g/mol. The van der Waals surface area contributed by atoms with Crippen LogP contribution in [0, 0.1) is 0 Å². The molecule has 2 aliphatic rings. The third kappa shape index (κ3) is 3.98. The molecule has 18 heavy (non-hydrogen) atoms. The fraction of sp³-hybridized carbons (Fsp3) is 0.765. The Morgan fingerprint density at radius 3 is 2.22 bits per heavy atom. The Bertz CT molecular complexity index is 312. The van der Waals surface area contributed by atoms with Crippen molar-refractivity contribution in [1.29, 1.82) is 0 Å². The Labute approximate surface area is 112 Å². The maximum Gasteiger partial charge on any atom is 0.0647 e. The molecule has 0 atom stereocenters. The highest BCUT2D eigenvalue weighted by Crippen LogP contribution is 2.32. The Kier molecular flexibility index (Phi) is 5.99. The van der Waals surface area contributed by atoms with Crippen LogP contribution in [-0.2, 0) is 0 Å². The van der Waals surface area contributed by atoms with Gasteiger partial charge in [0.1, 0.15) is 0 Å². The number of allylic oxidation sites excluding steroid dienone is 3. The van der Waals surface area contributed by atoms with E-state index < -0.39 is 0 Å². The molecule has 0 aliphatic heterocycles. The van der Waals surface area contributed by atoms with E-state index in [4.69, 9.17) is 0 Å². The first-order valence-electron chi connectivity index (χ1n) is 7.93. The van der Waals surface area contributed by atoms with Gasteiger partial charge in [-0.15, -0.1) is 0 Å². The highest BCUT2D eigenvalue weighted by atomic mass is 16.3.